The number of nitrogens with one attached hydrogen (secondary N) is 1. The highest BCUT2D eigenvalue weighted by Gasteiger charge is 2.20. The molecular weight excluding hydrogens is 292 g/mol. The van der Waals surface area contributed by atoms with E-state index in [9.17, 15) is 4.79 Å². The predicted molar refractivity (Wildman–Crippen MR) is 83.9 cm³/mol. The van der Waals surface area contributed by atoms with E-state index < -0.39 is 0 Å². The Morgan fingerprint density at radius 2 is 2.35 bits per heavy atom. The van der Waals surface area contributed by atoms with Gasteiger partial charge in [-0.2, -0.15) is 15.7 Å². The molecule has 0 aliphatic heterocycles. The maximum atomic E-state index is 12.0. The summed E-state index contributed by atoms with van der Waals surface area (Å²) in [5, 5.41) is 8.38. The monoisotopic (exact) mass is 310 g/mol. The Morgan fingerprint density at radius 3 is 3.00 bits per heavy atom. The summed E-state index contributed by atoms with van der Waals surface area (Å²) in [6.45, 7) is 6.11. The molecule has 0 bridgehead atoms. The van der Waals surface area contributed by atoms with E-state index in [-0.39, 0.29) is 12.0 Å². The van der Waals surface area contributed by atoms with Crippen molar-refractivity contribution in [3.05, 3.63) is 33.6 Å². The van der Waals surface area contributed by atoms with Gasteiger partial charge in [-0.1, -0.05) is 0 Å². The second kappa shape index (κ2) is 6.85. The first-order valence-corrected chi connectivity index (χ1v) is 8.24. The average Bonchev–Trinajstić information content (AvgIpc) is 3.00. The Balaban J connectivity index is 2.07. The van der Waals surface area contributed by atoms with Gasteiger partial charge in [0.15, 0.2) is 0 Å². The number of carbonyl (C=O) groups is 1. The highest BCUT2D eigenvalue weighted by molar-refractivity contribution is 7.10. The molecule has 0 spiro atoms. The SMILES string of the molecule is CCOC(=O)c1c(C)nsc1NC(C)Cc1ccsc1. The summed E-state index contributed by atoms with van der Waals surface area (Å²) >= 11 is 3.01. The van der Waals surface area contributed by atoms with Gasteiger partial charge in [0.05, 0.1) is 12.3 Å². The van der Waals surface area contributed by atoms with Crippen LogP contribution >= 0.6 is 22.9 Å². The average molecular weight is 310 g/mol. The number of ether oxygens (including phenoxy) is 1. The standard InChI is InChI=1S/C14H18N2O2S2/c1-4-18-14(17)12-10(3)16-20-13(12)15-9(2)7-11-5-6-19-8-11/h5-6,8-9,15H,4,7H2,1-3H3. The van der Waals surface area contributed by atoms with E-state index in [1.165, 1.54) is 17.1 Å². The number of carbonyl (C=O) groups excluding carboxylic acids is 1. The van der Waals surface area contributed by atoms with Crippen LogP contribution in [0, 0.1) is 6.92 Å². The number of esters is 1. The second-order valence-corrected chi connectivity index (χ2v) is 6.13. The zero-order chi connectivity index (χ0) is 14.5. The Bertz CT molecular complexity index is 564. The number of hydrogen-bond acceptors (Lipinski definition) is 6. The van der Waals surface area contributed by atoms with E-state index in [4.69, 9.17) is 4.74 Å². The van der Waals surface area contributed by atoms with Gasteiger partial charge in [0.1, 0.15) is 10.6 Å². The van der Waals surface area contributed by atoms with Gasteiger partial charge in [0.25, 0.3) is 0 Å². The van der Waals surface area contributed by atoms with Gasteiger partial charge >= 0.3 is 5.97 Å². The lowest BCUT2D eigenvalue weighted by atomic mass is 10.1. The first-order valence-electron chi connectivity index (χ1n) is 6.52. The minimum atomic E-state index is -0.302. The third kappa shape index (κ3) is 3.58. The molecule has 20 heavy (non-hydrogen) atoms. The van der Waals surface area contributed by atoms with Gasteiger partial charge in [-0.25, -0.2) is 4.79 Å². The highest BCUT2D eigenvalue weighted by Crippen LogP contribution is 2.26. The van der Waals surface area contributed by atoms with Crippen LogP contribution in [-0.4, -0.2) is 23.0 Å². The maximum Gasteiger partial charge on any atom is 0.343 e. The van der Waals surface area contributed by atoms with E-state index in [0.29, 0.717) is 12.2 Å². The Labute approximate surface area is 127 Å². The van der Waals surface area contributed by atoms with Crippen LogP contribution in [0.3, 0.4) is 0 Å². The summed E-state index contributed by atoms with van der Waals surface area (Å²) in [6.07, 6.45) is 0.919. The molecule has 2 aromatic heterocycles. The zero-order valence-corrected chi connectivity index (χ0v) is 13.4. The smallest absolute Gasteiger partial charge is 0.343 e. The molecule has 0 amide bonds. The van der Waals surface area contributed by atoms with Crippen molar-refractivity contribution in [1.82, 2.24) is 4.37 Å². The number of thiophene rings is 1. The topological polar surface area (TPSA) is 51.2 Å². The molecular formula is C14H18N2O2S2. The number of nitrogens with zero attached hydrogens (tertiary/aromatic N) is 1. The van der Waals surface area contributed by atoms with Gasteiger partial charge in [-0.3, -0.25) is 0 Å². The molecule has 1 atom stereocenters. The van der Waals surface area contributed by atoms with Crippen LogP contribution in [0.4, 0.5) is 5.00 Å². The molecule has 0 aliphatic carbocycles. The third-order valence-electron chi connectivity index (χ3n) is 2.84. The van der Waals surface area contributed by atoms with Crippen LogP contribution in [0.15, 0.2) is 16.8 Å². The molecule has 1 unspecified atom stereocenters. The first-order chi connectivity index (χ1) is 9.61. The van der Waals surface area contributed by atoms with E-state index in [1.54, 1.807) is 18.3 Å². The van der Waals surface area contributed by atoms with Crippen LogP contribution in [0.1, 0.15) is 35.5 Å². The number of aryl methyl sites for hydroxylation is 1. The minimum absolute atomic E-state index is 0.234. The van der Waals surface area contributed by atoms with Crippen molar-refractivity contribution in [2.45, 2.75) is 33.2 Å². The normalized spacial score (nSPS) is 12.2. The van der Waals surface area contributed by atoms with Crippen molar-refractivity contribution >= 4 is 33.8 Å². The molecule has 1 N–H and O–H groups in total. The molecule has 0 aromatic carbocycles. The number of aromatic nitrogens is 1. The van der Waals surface area contributed by atoms with Crippen molar-refractivity contribution in [3.8, 4) is 0 Å². The summed E-state index contributed by atoms with van der Waals surface area (Å²) in [6, 6.07) is 2.35. The van der Waals surface area contributed by atoms with E-state index in [0.717, 1.165) is 17.1 Å². The minimum Gasteiger partial charge on any atom is -0.462 e. The lowest BCUT2D eigenvalue weighted by Gasteiger charge is -2.14. The summed E-state index contributed by atoms with van der Waals surface area (Å²) < 4.78 is 9.33. The fourth-order valence-corrected chi connectivity index (χ4v) is 3.53. The van der Waals surface area contributed by atoms with E-state index >= 15 is 0 Å². The lowest BCUT2D eigenvalue weighted by Crippen LogP contribution is -2.19. The molecule has 4 nitrogen and oxygen atoms in total. The number of hydrogen-bond donors (Lipinski definition) is 1. The Morgan fingerprint density at radius 1 is 1.55 bits per heavy atom. The molecule has 108 valence electrons. The lowest BCUT2D eigenvalue weighted by molar-refractivity contribution is 0.0527. The van der Waals surface area contributed by atoms with Gasteiger partial charge < -0.3 is 10.1 Å². The van der Waals surface area contributed by atoms with E-state index in [1.807, 2.05) is 6.92 Å². The van der Waals surface area contributed by atoms with Gasteiger partial charge in [0.2, 0.25) is 0 Å². The molecule has 2 aromatic rings. The zero-order valence-electron chi connectivity index (χ0n) is 11.8. The largest absolute Gasteiger partial charge is 0.462 e. The van der Waals surface area contributed by atoms with Gasteiger partial charge in [-0.15, -0.1) is 0 Å². The summed E-state index contributed by atoms with van der Waals surface area (Å²) in [7, 11) is 0. The van der Waals surface area contributed by atoms with Crippen molar-refractivity contribution in [3.63, 3.8) is 0 Å². The summed E-state index contributed by atoms with van der Waals surface area (Å²) in [5.74, 6) is -0.302. The van der Waals surface area contributed by atoms with E-state index in [2.05, 4.69) is 33.4 Å². The van der Waals surface area contributed by atoms with Crippen LogP contribution < -0.4 is 5.32 Å². The second-order valence-electron chi connectivity index (χ2n) is 4.57. The van der Waals surface area contributed by atoms with Gasteiger partial charge in [0, 0.05) is 6.04 Å². The van der Waals surface area contributed by atoms with Crippen LogP contribution in [-0.2, 0) is 11.2 Å². The van der Waals surface area contributed by atoms with Crippen molar-refractivity contribution in [1.29, 1.82) is 0 Å². The van der Waals surface area contributed by atoms with Crippen LogP contribution in [0.25, 0.3) is 0 Å². The van der Waals surface area contributed by atoms with Crippen molar-refractivity contribution in [2.24, 2.45) is 0 Å². The molecule has 6 heteroatoms. The van der Waals surface area contributed by atoms with Crippen LogP contribution in [0.2, 0.25) is 0 Å². The molecule has 0 fully saturated rings. The highest BCUT2D eigenvalue weighted by atomic mass is 32.1. The maximum absolute atomic E-state index is 12.0. The molecule has 2 heterocycles. The fraction of sp³-hybridized carbons (Fsp3) is 0.429. The quantitative estimate of drug-likeness (QED) is 0.826. The Kier molecular flexibility index (Phi) is 5.14. The first kappa shape index (κ1) is 15.0. The number of rotatable bonds is 6. The van der Waals surface area contributed by atoms with Gasteiger partial charge in [-0.05, 0) is 61.1 Å². The number of anilines is 1. The van der Waals surface area contributed by atoms with Crippen molar-refractivity contribution in [2.75, 3.05) is 11.9 Å². The molecule has 0 saturated carbocycles. The summed E-state index contributed by atoms with van der Waals surface area (Å²) in [5.41, 5.74) is 2.58. The van der Waals surface area contributed by atoms with Crippen molar-refractivity contribution < 1.29 is 9.53 Å². The molecule has 0 radical (unpaired) electrons. The molecule has 0 aliphatic rings. The molecule has 0 saturated heterocycles. The fourth-order valence-electron chi connectivity index (χ4n) is 1.95. The Hall–Kier alpha value is -1.40. The third-order valence-corrected chi connectivity index (χ3v) is 4.44. The molecule has 2 rings (SSSR count). The summed E-state index contributed by atoms with van der Waals surface area (Å²) in [4.78, 5) is 12.0. The van der Waals surface area contributed by atoms with Crippen LogP contribution in [0.5, 0.6) is 0 Å². The predicted octanol–water partition coefficient (Wildman–Crippen LogP) is 3.73.